The highest BCUT2D eigenvalue weighted by Crippen LogP contribution is 2.25. The molecule has 2 aromatic heterocycles. The molecule has 1 fully saturated rings. The molecule has 3 rings (SSSR count). The van der Waals surface area contributed by atoms with Crippen LogP contribution in [0.25, 0.3) is 11.5 Å². The lowest BCUT2D eigenvalue weighted by Gasteiger charge is -2.02. The Bertz CT molecular complexity index is 462. The normalized spacial score (nSPS) is 20.1. The van der Waals surface area contributed by atoms with Crippen molar-refractivity contribution in [3.8, 4) is 11.5 Å². The highest BCUT2D eigenvalue weighted by Gasteiger charge is 2.21. The fourth-order valence-electron chi connectivity index (χ4n) is 1.92. The summed E-state index contributed by atoms with van der Waals surface area (Å²) >= 11 is 0. The summed E-state index contributed by atoms with van der Waals surface area (Å²) in [4.78, 5) is 8.27. The first-order chi connectivity index (χ1) is 7.93. The van der Waals surface area contributed by atoms with Crippen molar-refractivity contribution >= 4 is 0 Å². The van der Waals surface area contributed by atoms with Crippen molar-refractivity contribution < 1.29 is 4.52 Å². The highest BCUT2D eigenvalue weighted by molar-refractivity contribution is 5.48. The zero-order chi connectivity index (χ0) is 10.8. The minimum Gasteiger partial charge on any atom is -0.359 e. The molecule has 0 spiro atoms. The molecule has 1 unspecified atom stereocenters. The van der Waals surface area contributed by atoms with Crippen molar-refractivity contribution in [2.45, 2.75) is 18.9 Å². The van der Waals surface area contributed by atoms with Crippen LogP contribution in [0.3, 0.4) is 0 Å². The van der Waals surface area contributed by atoms with Crippen LogP contribution in [-0.2, 0) is 0 Å². The third-order valence-electron chi connectivity index (χ3n) is 2.73. The largest absolute Gasteiger partial charge is 0.359 e. The molecular weight excluding hydrogens is 204 g/mol. The number of hydrogen-bond acceptors (Lipinski definition) is 5. The fraction of sp³-hybridized carbons (Fsp3) is 0.364. The van der Waals surface area contributed by atoms with Crippen molar-refractivity contribution in [2.75, 3.05) is 6.54 Å². The number of aromatic nitrogens is 3. The Labute approximate surface area is 92.9 Å². The first-order valence-electron chi connectivity index (χ1n) is 5.41. The molecule has 0 radical (unpaired) electrons. The summed E-state index contributed by atoms with van der Waals surface area (Å²) in [5, 5.41) is 7.35. The number of nitrogens with one attached hydrogen (secondary N) is 1. The maximum atomic E-state index is 5.31. The molecule has 5 heteroatoms. The third-order valence-corrected chi connectivity index (χ3v) is 2.73. The predicted molar refractivity (Wildman–Crippen MR) is 57.5 cm³/mol. The van der Waals surface area contributed by atoms with Gasteiger partial charge >= 0.3 is 0 Å². The van der Waals surface area contributed by atoms with Crippen LogP contribution in [0.15, 0.2) is 29.0 Å². The fourth-order valence-corrected chi connectivity index (χ4v) is 1.92. The lowest BCUT2D eigenvalue weighted by molar-refractivity contribution is 0.353. The Hall–Kier alpha value is -1.75. The van der Waals surface area contributed by atoms with Crippen LogP contribution in [0, 0.1) is 0 Å². The maximum absolute atomic E-state index is 5.31. The van der Waals surface area contributed by atoms with Crippen molar-refractivity contribution in [1.82, 2.24) is 20.4 Å². The van der Waals surface area contributed by atoms with E-state index < -0.39 is 0 Å². The van der Waals surface area contributed by atoms with Gasteiger partial charge in [0.15, 0.2) is 17.3 Å². The second-order valence-corrected chi connectivity index (χ2v) is 3.84. The van der Waals surface area contributed by atoms with Crippen LogP contribution in [0.5, 0.6) is 0 Å². The number of rotatable bonds is 2. The minimum absolute atomic E-state index is 0.296. The van der Waals surface area contributed by atoms with E-state index >= 15 is 0 Å². The SMILES string of the molecule is c1cnc(-c2cc(C3CCCN3)on2)nc1. The van der Waals surface area contributed by atoms with E-state index in [1.165, 1.54) is 6.42 Å². The van der Waals surface area contributed by atoms with Crippen LogP contribution in [0.2, 0.25) is 0 Å². The number of nitrogens with zero attached hydrogens (tertiary/aromatic N) is 3. The topological polar surface area (TPSA) is 63.8 Å². The summed E-state index contributed by atoms with van der Waals surface area (Å²) < 4.78 is 5.31. The van der Waals surface area contributed by atoms with Gasteiger partial charge in [0, 0.05) is 18.5 Å². The summed E-state index contributed by atoms with van der Waals surface area (Å²) in [6.07, 6.45) is 5.68. The molecule has 1 aliphatic heterocycles. The lowest BCUT2D eigenvalue weighted by atomic mass is 10.1. The molecule has 5 nitrogen and oxygen atoms in total. The molecule has 3 heterocycles. The summed E-state index contributed by atoms with van der Waals surface area (Å²) in [7, 11) is 0. The van der Waals surface area contributed by atoms with Gasteiger partial charge in [0.1, 0.15) is 0 Å². The number of hydrogen-bond donors (Lipinski definition) is 1. The molecule has 16 heavy (non-hydrogen) atoms. The Morgan fingerprint density at radius 1 is 1.31 bits per heavy atom. The molecule has 1 N–H and O–H groups in total. The van der Waals surface area contributed by atoms with Gasteiger partial charge in [-0.3, -0.25) is 0 Å². The summed E-state index contributed by atoms with van der Waals surface area (Å²) in [5.41, 5.74) is 0.698. The Morgan fingerprint density at radius 2 is 2.19 bits per heavy atom. The van der Waals surface area contributed by atoms with Gasteiger partial charge in [-0.05, 0) is 25.5 Å². The molecular formula is C11H12N4O. The third kappa shape index (κ3) is 1.69. The van der Waals surface area contributed by atoms with E-state index in [1.807, 2.05) is 6.07 Å². The average Bonchev–Trinajstić information content (AvgIpc) is 3.01. The zero-order valence-corrected chi connectivity index (χ0v) is 8.76. The summed E-state index contributed by atoms with van der Waals surface area (Å²) in [5.74, 6) is 1.48. The Morgan fingerprint density at radius 3 is 2.94 bits per heavy atom. The molecule has 0 amide bonds. The van der Waals surface area contributed by atoms with E-state index in [0.29, 0.717) is 17.6 Å². The van der Waals surface area contributed by atoms with Gasteiger partial charge in [-0.15, -0.1) is 0 Å². The van der Waals surface area contributed by atoms with Crippen LogP contribution in [0.1, 0.15) is 24.6 Å². The van der Waals surface area contributed by atoms with Crippen LogP contribution in [0.4, 0.5) is 0 Å². The Balaban J connectivity index is 1.87. The van der Waals surface area contributed by atoms with Gasteiger partial charge in [0.05, 0.1) is 6.04 Å². The van der Waals surface area contributed by atoms with Gasteiger partial charge < -0.3 is 9.84 Å². The van der Waals surface area contributed by atoms with Gasteiger partial charge in [0.25, 0.3) is 0 Å². The molecule has 0 aromatic carbocycles. The molecule has 0 aliphatic carbocycles. The quantitative estimate of drug-likeness (QED) is 0.825. The van der Waals surface area contributed by atoms with Crippen LogP contribution < -0.4 is 5.32 Å². The monoisotopic (exact) mass is 216 g/mol. The van der Waals surface area contributed by atoms with Gasteiger partial charge in [-0.1, -0.05) is 5.16 Å². The van der Waals surface area contributed by atoms with Crippen molar-refractivity contribution in [3.63, 3.8) is 0 Å². The van der Waals surface area contributed by atoms with Crippen LogP contribution in [-0.4, -0.2) is 21.7 Å². The van der Waals surface area contributed by atoms with Gasteiger partial charge in [0.2, 0.25) is 0 Å². The smallest absolute Gasteiger partial charge is 0.181 e. The van der Waals surface area contributed by atoms with Crippen molar-refractivity contribution in [3.05, 3.63) is 30.3 Å². The van der Waals surface area contributed by atoms with E-state index in [2.05, 4.69) is 20.4 Å². The Kier molecular flexibility index (Phi) is 2.38. The predicted octanol–water partition coefficient (Wildman–Crippen LogP) is 1.56. The van der Waals surface area contributed by atoms with Crippen LogP contribution >= 0.6 is 0 Å². The molecule has 1 aliphatic rings. The lowest BCUT2D eigenvalue weighted by Crippen LogP contribution is -2.11. The zero-order valence-electron chi connectivity index (χ0n) is 8.76. The molecule has 0 saturated carbocycles. The molecule has 2 aromatic rings. The standard InChI is InChI=1S/C11H12N4O/c1-3-8(12-4-1)10-7-9(15-16-10)11-13-5-2-6-14-11/h2,5-8,12H,1,3-4H2. The first kappa shape index (κ1) is 9.47. The van der Waals surface area contributed by atoms with Crippen molar-refractivity contribution in [2.24, 2.45) is 0 Å². The molecule has 1 atom stereocenters. The highest BCUT2D eigenvalue weighted by atomic mass is 16.5. The van der Waals surface area contributed by atoms with E-state index in [4.69, 9.17) is 4.52 Å². The molecule has 1 saturated heterocycles. The van der Waals surface area contributed by atoms with E-state index in [0.717, 1.165) is 18.7 Å². The van der Waals surface area contributed by atoms with E-state index in [1.54, 1.807) is 18.5 Å². The molecule has 0 bridgehead atoms. The van der Waals surface area contributed by atoms with Crippen molar-refractivity contribution in [1.29, 1.82) is 0 Å². The van der Waals surface area contributed by atoms with E-state index in [9.17, 15) is 0 Å². The van der Waals surface area contributed by atoms with Gasteiger partial charge in [-0.2, -0.15) is 0 Å². The summed E-state index contributed by atoms with van der Waals surface area (Å²) in [6.45, 7) is 1.04. The summed E-state index contributed by atoms with van der Waals surface area (Å²) in [6, 6.07) is 3.99. The first-order valence-corrected chi connectivity index (χ1v) is 5.41. The van der Waals surface area contributed by atoms with Gasteiger partial charge in [-0.25, -0.2) is 9.97 Å². The minimum atomic E-state index is 0.296. The molecule has 82 valence electrons. The van der Waals surface area contributed by atoms with E-state index in [-0.39, 0.29) is 0 Å². The second kappa shape index (κ2) is 4.02. The second-order valence-electron chi connectivity index (χ2n) is 3.84. The maximum Gasteiger partial charge on any atom is 0.181 e. The average molecular weight is 216 g/mol.